The van der Waals surface area contributed by atoms with Crippen LogP contribution in [-0.4, -0.2) is 14.9 Å². The number of hydrogen-bond acceptors (Lipinski definition) is 1. The van der Waals surface area contributed by atoms with Gasteiger partial charge in [-0.2, -0.15) is 0 Å². The first-order valence-electron chi connectivity index (χ1n) is 9.46. The van der Waals surface area contributed by atoms with E-state index in [0.29, 0.717) is 0 Å². The molecule has 0 bridgehead atoms. The molecule has 0 saturated heterocycles. The van der Waals surface area contributed by atoms with Crippen LogP contribution in [0.4, 0.5) is 0 Å². The predicted octanol–water partition coefficient (Wildman–Crippen LogP) is 0.573. The third-order valence-corrected chi connectivity index (χ3v) is 10.8. The number of rotatable bonds is 10. The molecule has 26 heavy (non-hydrogen) atoms. The van der Waals surface area contributed by atoms with Crippen LogP contribution in [0.1, 0.15) is 53.4 Å². The van der Waals surface area contributed by atoms with Gasteiger partial charge in [0.05, 0.1) is 0 Å². The molecule has 0 aliphatic heterocycles. The van der Waals surface area contributed by atoms with Crippen LogP contribution in [0.5, 0.6) is 0 Å². The van der Waals surface area contributed by atoms with Gasteiger partial charge in [0.15, 0.2) is 8.32 Å². The van der Waals surface area contributed by atoms with E-state index < -0.39 is 8.32 Å². The molecule has 0 N–H and O–H groups in total. The fourth-order valence-electron chi connectivity index (χ4n) is 4.01. The summed E-state index contributed by atoms with van der Waals surface area (Å²) in [6.45, 7) is 10.3. The standard InChI is InChI=1S/C21H34OSi.2ClH.Zr/c1-5-23(6-2,7-3)22-18-12-17-21(4,19-13-8-9-14-19)20-15-10-11-16-20;;;/h8-11,13,15H,5-7,12,14,16-18H2,1-4H3;2*1H;/q;;;+2/p-2. The molecule has 1 nitrogen and oxygen atoms in total. The van der Waals surface area contributed by atoms with E-state index in [1.807, 2.05) is 0 Å². The summed E-state index contributed by atoms with van der Waals surface area (Å²) in [7, 11) is -1.43. The van der Waals surface area contributed by atoms with Gasteiger partial charge in [0.1, 0.15) is 0 Å². The zero-order chi connectivity index (χ0) is 16.8. The second kappa shape index (κ2) is 13.7. The maximum absolute atomic E-state index is 6.47. The van der Waals surface area contributed by atoms with Crippen LogP contribution in [0.2, 0.25) is 18.1 Å². The largest absolute Gasteiger partial charge is 2.00 e. The van der Waals surface area contributed by atoms with Crippen LogP contribution in [0.25, 0.3) is 0 Å². The van der Waals surface area contributed by atoms with Gasteiger partial charge in [-0.3, -0.25) is 0 Å². The molecule has 2 rings (SSSR count). The maximum atomic E-state index is 6.47. The minimum Gasteiger partial charge on any atom is -1.00 e. The Labute approximate surface area is 193 Å². The zero-order valence-corrected chi connectivity index (χ0v) is 21.8. The van der Waals surface area contributed by atoms with Crippen molar-refractivity contribution < 1.29 is 55.4 Å². The third kappa shape index (κ3) is 6.89. The minimum atomic E-state index is -1.43. The van der Waals surface area contributed by atoms with Crippen LogP contribution in [0, 0.1) is 5.41 Å². The molecular formula is C21H34Cl2OSiZr. The normalized spacial score (nSPS) is 15.7. The van der Waals surface area contributed by atoms with Crippen molar-refractivity contribution in [2.24, 2.45) is 5.41 Å². The molecule has 2 aliphatic carbocycles. The van der Waals surface area contributed by atoms with E-state index >= 15 is 0 Å². The van der Waals surface area contributed by atoms with E-state index in [9.17, 15) is 0 Å². The van der Waals surface area contributed by atoms with Gasteiger partial charge in [-0.25, -0.2) is 0 Å². The molecule has 0 unspecified atom stereocenters. The monoisotopic (exact) mass is 490 g/mol. The van der Waals surface area contributed by atoms with Crippen molar-refractivity contribution in [2.75, 3.05) is 6.61 Å². The summed E-state index contributed by atoms with van der Waals surface area (Å²) >= 11 is 0. The quantitative estimate of drug-likeness (QED) is 0.320. The van der Waals surface area contributed by atoms with Gasteiger partial charge in [-0.15, -0.1) is 0 Å². The summed E-state index contributed by atoms with van der Waals surface area (Å²) in [4.78, 5) is 0. The van der Waals surface area contributed by atoms with Crippen molar-refractivity contribution in [1.29, 1.82) is 0 Å². The first-order chi connectivity index (χ1) is 11.1. The summed E-state index contributed by atoms with van der Waals surface area (Å²) in [5.41, 5.74) is 3.38. The van der Waals surface area contributed by atoms with Crippen molar-refractivity contribution in [3.05, 3.63) is 47.6 Å². The summed E-state index contributed by atoms with van der Waals surface area (Å²) in [5.74, 6) is 0. The smallest absolute Gasteiger partial charge is 1.00 e. The molecule has 0 heterocycles. The molecule has 0 atom stereocenters. The van der Waals surface area contributed by atoms with Crippen molar-refractivity contribution in [1.82, 2.24) is 0 Å². The van der Waals surface area contributed by atoms with Crippen LogP contribution in [-0.2, 0) is 30.6 Å². The second-order valence-corrected chi connectivity index (χ2v) is 12.0. The summed E-state index contributed by atoms with van der Waals surface area (Å²) < 4.78 is 6.47. The first kappa shape index (κ1) is 28.8. The van der Waals surface area contributed by atoms with Crippen molar-refractivity contribution in [2.45, 2.75) is 71.5 Å². The molecule has 0 radical (unpaired) electrons. The molecule has 0 aromatic rings. The van der Waals surface area contributed by atoms with Gasteiger partial charge >= 0.3 is 26.2 Å². The fraction of sp³-hybridized carbons (Fsp3) is 0.619. The molecule has 0 amide bonds. The van der Waals surface area contributed by atoms with Crippen LogP contribution >= 0.6 is 0 Å². The van der Waals surface area contributed by atoms with Gasteiger partial charge in [0.25, 0.3) is 0 Å². The van der Waals surface area contributed by atoms with Crippen LogP contribution in [0.3, 0.4) is 0 Å². The number of halogens is 2. The summed E-state index contributed by atoms with van der Waals surface area (Å²) in [6.07, 6.45) is 18.3. The van der Waals surface area contributed by atoms with E-state index in [2.05, 4.69) is 64.2 Å². The molecular weight excluding hydrogens is 458 g/mol. The Morgan fingerprint density at radius 2 is 1.38 bits per heavy atom. The van der Waals surface area contributed by atoms with Gasteiger partial charge < -0.3 is 29.2 Å². The molecule has 0 spiro atoms. The SMILES string of the molecule is CC[Si](CC)(CC)OCCCC(C)(C1=CC=CC1)C1=CC=CC1.[Cl-].[Cl-].[Zr+2]. The average Bonchev–Trinajstić information content (AvgIpc) is 3.29. The Hall–Kier alpha value is 0.600. The number of allylic oxidation sites excluding steroid dienone is 8. The fourth-order valence-corrected chi connectivity index (χ4v) is 6.70. The van der Waals surface area contributed by atoms with E-state index in [4.69, 9.17) is 4.43 Å². The van der Waals surface area contributed by atoms with E-state index in [0.717, 1.165) is 19.4 Å². The predicted molar refractivity (Wildman–Crippen MR) is 104 cm³/mol. The van der Waals surface area contributed by atoms with Crippen molar-refractivity contribution in [3.63, 3.8) is 0 Å². The van der Waals surface area contributed by atoms with Gasteiger partial charge in [0.2, 0.25) is 0 Å². The van der Waals surface area contributed by atoms with E-state index in [1.54, 1.807) is 11.1 Å². The Balaban J connectivity index is 0. The molecule has 146 valence electrons. The summed E-state index contributed by atoms with van der Waals surface area (Å²) in [6, 6.07) is 3.75. The van der Waals surface area contributed by atoms with Crippen molar-refractivity contribution >= 4 is 8.32 Å². The van der Waals surface area contributed by atoms with Crippen LogP contribution in [0.15, 0.2) is 47.6 Å². The maximum Gasteiger partial charge on any atom is 2.00 e. The molecule has 5 heteroatoms. The topological polar surface area (TPSA) is 9.23 Å². The Bertz CT molecular complexity index is 484. The summed E-state index contributed by atoms with van der Waals surface area (Å²) in [5, 5.41) is 0. The molecule has 0 fully saturated rings. The van der Waals surface area contributed by atoms with Crippen molar-refractivity contribution in [3.8, 4) is 0 Å². The molecule has 0 saturated carbocycles. The Morgan fingerprint density at radius 3 is 1.73 bits per heavy atom. The minimum absolute atomic E-state index is 0. The van der Waals surface area contributed by atoms with E-state index in [-0.39, 0.29) is 56.4 Å². The third-order valence-electron chi connectivity index (χ3n) is 6.12. The Kier molecular flexibility index (Phi) is 15.2. The molecule has 2 aliphatic rings. The van der Waals surface area contributed by atoms with Gasteiger partial charge in [0, 0.05) is 12.0 Å². The zero-order valence-electron chi connectivity index (χ0n) is 16.8. The van der Waals surface area contributed by atoms with Gasteiger partial charge in [-0.05, 0) is 43.8 Å². The number of hydrogen-bond donors (Lipinski definition) is 0. The molecule has 0 aromatic heterocycles. The molecule has 0 aromatic carbocycles. The first-order valence-corrected chi connectivity index (χ1v) is 12.0. The Morgan fingerprint density at radius 1 is 0.923 bits per heavy atom. The van der Waals surface area contributed by atoms with Crippen LogP contribution < -0.4 is 24.8 Å². The average molecular weight is 493 g/mol. The van der Waals surface area contributed by atoms with Gasteiger partial charge in [-0.1, -0.05) is 75.3 Å². The second-order valence-electron chi connectivity index (χ2n) is 7.18. The van der Waals surface area contributed by atoms with E-state index in [1.165, 1.54) is 31.0 Å².